The molecule has 0 fully saturated rings. The molecule has 0 radical (unpaired) electrons. The van der Waals surface area contributed by atoms with E-state index in [0.29, 0.717) is 19.3 Å². The minimum Gasteiger partial charge on any atom is -0.468 e. The summed E-state index contributed by atoms with van der Waals surface area (Å²) in [4.78, 5) is 23.6. The summed E-state index contributed by atoms with van der Waals surface area (Å²) in [5.74, 6) is 0.373. The molecule has 0 amide bonds. The monoisotopic (exact) mass is 346 g/mol. The number of hydrogen-bond donors (Lipinski definition) is 0. The molecule has 1 aromatic heterocycles. The Bertz CT molecular complexity index is 728. The average Bonchev–Trinajstić information content (AvgIpc) is 2.92. The number of rotatable bonds is 3. The van der Waals surface area contributed by atoms with Crippen molar-refractivity contribution in [2.75, 3.05) is 0 Å². The zero-order valence-corrected chi connectivity index (χ0v) is 15.5. The van der Waals surface area contributed by atoms with Gasteiger partial charge in [-0.2, -0.15) is 0 Å². The van der Waals surface area contributed by atoms with Gasteiger partial charge in [-0.25, -0.2) is 0 Å². The van der Waals surface area contributed by atoms with Crippen molar-refractivity contribution in [1.82, 2.24) is 0 Å². The van der Waals surface area contributed by atoms with Crippen LogP contribution in [0.15, 0.2) is 22.3 Å². The maximum atomic E-state index is 12.1. The standard InChI is InChI=1S/C20H26O5/c1-6-17(22)25-19-18-11(2)10-23-16(18)9-14-7-8-15(24-13(4)21)12(3)20(14,19)5/h7,10,12,15,19H,6,8-9H2,1-5H3/t12-,15-,19+,20+/m0/s1. The molecule has 4 atom stereocenters. The summed E-state index contributed by atoms with van der Waals surface area (Å²) in [5, 5.41) is 0. The largest absolute Gasteiger partial charge is 0.468 e. The van der Waals surface area contributed by atoms with Gasteiger partial charge >= 0.3 is 11.9 Å². The lowest BCUT2D eigenvalue weighted by atomic mass is 9.58. The lowest BCUT2D eigenvalue weighted by Gasteiger charge is -2.50. The zero-order valence-electron chi connectivity index (χ0n) is 15.5. The Morgan fingerprint density at radius 2 is 2.08 bits per heavy atom. The fraction of sp³-hybridized carbons (Fsp3) is 0.600. The Morgan fingerprint density at radius 1 is 1.36 bits per heavy atom. The van der Waals surface area contributed by atoms with Crippen molar-refractivity contribution < 1.29 is 23.5 Å². The number of hydrogen-bond acceptors (Lipinski definition) is 5. The van der Waals surface area contributed by atoms with E-state index in [1.165, 1.54) is 12.5 Å². The quantitative estimate of drug-likeness (QED) is 0.610. The Balaban J connectivity index is 2.08. The first-order chi connectivity index (χ1) is 11.8. The predicted molar refractivity (Wildman–Crippen MR) is 91.8 cm³/mol. The third kappa shape index (κ3) is 2.79. The van der Waals surface area contributed by atoms with Gasteiger partial charge in [-0.1, -0.05) is 32.4 Å². The van der Waals surface area contributed by atoms with Crippen LogP contribution in [0.3, 0.4) is 0 Å². The highest BCUT2D eigenvalue weighted by Crippen LogP contribution is 2.58. The number of carbonyl (C=O) groups is 2. The molecule has 0 N–H and O–H groups in total. The van der Waals surface area contributed by atoms with E-state index in [0.717, 1.165) is 16.9 Å². The minimum absolute atomic E-state index is 0.0218. The molecule has 25 heavy (non-hydrogen) atoms. The first-order valence-corrected chi connectivity index (χ1v) is 8.92. The third-order valence-corrected chi connectivity index (χ3v) is 5.91. The van der Waals surface area contributed by atoms with E-state index in [-0.39, 0.29) is 24.0 Å². The van der Waals surface area contributed by atoms with Crippen LogP contribution in [0.5, 0.6) is 0 Å². The fourth-order valence-electron chi connectivity index (χ4n) is 4.26. The van der Waals surface area contributed by atoms with Crippen LogP contribution in [0.2, 0.25) is 0 Å². The number of esters is 2. The van der Waals surface area contributed by atoms with Gasteiger partial charge in [-0.05, 0) is 12.5 Å². The van der Waals surface area contributed by atoms with Gasteiger partial charge in [0.2, 0.25) is 0 Å². The summed E-state index contributed by atoms with van der Waals surface area (Å²) in [6.45, 7) is 9.39. The van der Waals surface area contributed by atoms with Gasteiger partial charge in [0.05, 0.1) is 6.26 Å². The lowest BCUT2D eigenvalue weighted by Crippen LogP contribution is -2.48. The summed E-state index contributed by atoms with van der Waals surface area (Å²) >= 11 is 0. The van der Waals surface area contributed by atoms with Crippen LogP contribution in [0.25, 0.3) is 0 Å². The lowest BCUT2D eigenvalue weighted by molar-refractivity contribution is -0.167. The highest BCUT2D eigenvalue weighted by Gasteiger charge is 2.54. The molecule has 0 bridgehead atoms. The molecule has 0 saturated carbocycles. The van der Waals surface area contributed by atoms with Crippen molar-refractivity contribution >= 4 is 11.9 Å². The van der Waals surface area contributed by atoms with Gasteiger partial charge in [0.1, 0.15) is 18.0 Å². The highest BCUT2D eigenvalue weighted by molar-refractivity contribution is 5.70. The molecule has 0 aliphatic heterocycles. The first kappa shape index (κ1) is 17.8. The zero-order chi connectivity index (χ0) is 18.4. The Kier molecular flexibility index (Phi) is 4.52. The van der Waals surface area contributed by atoms with Crippen LogP contribution in [0.1, 0.15) is 63.5 Å². The summed E-state index contributed by atoms with van der Waals surface area (Å²) in [6, 6.07) is 0. The number of aryl methyl sites for hydroxylation is 1. The molecule has 0 saturated heterocycles. The van der Waals surface area contributed by atoms with Gasteiger partial charge in [0.15, 0.2) is 0 Å². The second-order valence-corrected chi connectivity index (χ2v) is 7.34. The van der Waals surface area contributed by atoms with Crippen molar-refractivity contribution in [2.24, 2.45) is 11.3 Å². The predicted octanol–water partition coefficient (Wildman–Crippen LogP) is 4.04. The molecule has 0 aromatic carbocycles. The van der Waals surface area contributed by atoms with Gasteiger partial charge < -0.3 is 13.9 Å². The molecule has 2 aliphatic carbocycles. The van der Waals surface area contributed by atoms with E-state index in [1.807, 2.05) is 6.92 Å². The Hall–Kier alpha value is -2.04. The van der Waals surface area contributed by atoms with Crippen LogP contribution in [-0.4, -0.2) is 18.0 Å². The Labute approximate surface area is 148 Å². The number of fused-ring (bicyclic) bond motifs is 2. The van der Waals surface area contributed by atoms with Crippen molar-refractivity contribution in [1.29, 1.82) is 0 Å². The maximum absolute atomic E-state index is 12.1. The van der Waals surface area contributed by atoms with Gasteiger partial charge in [-0.15, -0.1) is 0 Å². The Morgan fingerprint density at radius 3 is 2.72 bits per heavy atom. The van der Waals surface area contributed by atoms with Crippen LogP contribution in [0.4, 0.5) is 0 Å². The van der Waals surface area contributed by atoms with Crippen molar-refractivity contribution in [2.45, 2.75) is 66.1 Å². The van der Waals surface area contributed by atoms with Crippen LogP contribution < -0.4 is 0 Å². The van der Waals surface area contributed by atoms with Crippen molar-refractivity contribution in [3.05, 3.63) is 34.8 Å². The van der Waals surface area contributed by atoms with E-state index in [1.54, 1.807) is 13.2 Å². The molecule has 1 heterocycles. The summed E-state index contributed by atoms with van der Waals surface area (Å²) < 4.78 is 17.2. The summed E-state index contributed by atoms with van der Waals surface area (Å²) in [6.07, 6.45) is 4.91. The van der Waals surface area contributed by atoms with Gasteiger partial charge in [0.25, 0.3) is 0 Å². The SMILES string of the molecule is CCC(=O)O[C@@H]1c2c(C)coc2CC2=CC[C@H](OC(C)=O)[C@H](C)[C@]21C. The second-order valence-electron chi connectivity index (χ2n) is 7.34. The van der Waals surface area contributed by atoms with Crippen LogP contribution in [0, 0.1) is 18.3 Å². The van der Waals surface area contributed by atoms with Gasteiger partial charge in [0, 0.05) is 43.1 Å². The second kappa shape index (κ2) is 6.36. The molecule has 0 spiro atoms. The van der Waals surface area contributed by atoms with E-state index in [9.17, 15) is 9.59 Å². The minimum atomic E-state index is -0.429. The van der Waals surface area contributed by atoms with Crippen molar-refractivity contribution in [3.8, 4) is 0 Å². The van der Waals surface area contributed by atoms with E-state index < -0.39 is 11.5 Å². The molecule has 2 aliphatic rings. The summed E-state index contributed by atoms with van der Waals surface area (Å²) in [7, 11) is 0. The molecular weight excluding hydrogens is 320 g/mol. The number of furan rings is 1. The molecule has 5 nitrogen and oxygen atoms in total. The molecule has 1 aromatic rings. The average molecular weight is 346 g/mol. The molecule has 136 valence electrons. The molecule has 0 unspecified atom stereocenters. The maximum Gasteiger partial charge on any atom is 0.306 e. The van der Waals surface area contributed by atoms with Gasteiger partial charge in [-0.3, -0.25) is 9.59 Å². The van der Waals surface area contributed by atoms with E-state index in [2.05, 4.69) is 19.9 Å². The first-order valence-electron chi connectivity index (χ1n) is 8.92. The third-order valence-electron chi connectivity index (χ3n) is 5.91. The highest BCUT2D eigenvalue weighted by atomic mass is 16.6. The van der Waals surface area contributed by atoms with E-state index >= 15 is 0 Å². The normalized spacial score (nSPS) is 30.8. The van der Waals surface area contributed by atoms with Crippen molar-refractivity contribution in [3.63, 3.8) is 0 Å². The molecule has 3 rings (SSSR count). The fourth-order valence-corrected chi connectivity index (χ4v) is 4.26. The number of ether oxygens (including phenoxy) is 2. The smallest absolute Gasteiger partial charge is 0.306 e. The molecular formula is C20H26O5. The topological polar surface area (TPSA) is 65.7 Å². The molecule has 5 heteroatoms. The van der Waals surface area contributed by atoms with Crippen LogP contribution in [-0.2, 0) is 25.5 Å². The van der Waals surface area contributed by atoms with Crippen LogP contribution >= 0.6 is 0 Å². The summed E-state index contributed by atoms with van der Waals surface area (Å²) in [5.41, 5.74) is 2.73. The number of carbonyl (C=O) groups excluding carboxylic acids is 2. The van der Waals surface area contributed by atoms with E-state index in [4.69, 9.17) is 13.9 Å².